The first kappa shape index (κ1) is 12.5. The van der Waals surface area contributed by atoms with Crippen molar-refractivity contribution in [2.45, 2.75) is 38.6 Å². The van der Waals surface area contributed by atoms with Crippen LogP contribution in [-0.4, -0.2) is 6.04 Å². The summed E-state index contributed by atoms with van der Waals surface area (Å²) in [6.45, 7) is 2.34. The number of hydrogen-bond acceptors (Lipinski definition) is 1. The van der Waals surface area contributed by atoms with E-state index in [1.54, 1.807) is 0 Å². The summed E-state index contributed by atoms with van der Waals surface area (Å²) in [5, 5.41) is 4.40. The van der Waals surface area contributed by atoms with Crippen LogP contribution < -0.4 is 5.32 Å². The summed E-state index contributed by atoms with van der Waals surface area (Å²) in [5.41, 5.74) is 1.08. The molecule has 0 aliphatic heterocycles. The Morgan fingerprint density at radius 1 is 1.25 bits per heavy atom. The van der Waals surface area contributed by atoms with Crippen LogP contribution in [0.2, 0.25) is 5.02 Å². The van der Waals surface area contributed by atoms with Gasteiger partial charge in [-0.3, -0.25) is 0 Å². The summed E-state index contributed by atoms with van der Waals surface area (Å²) in [7, 11) is 0. The molecular weight excluding hydrogens is 333 g/mol. The second-order valence-corrected chi connectivity index (χ2v) is 6.38. The second-order valence-electron chi connectivity index (χ2n) is 4.73. The van der Waals surface area contributed by atoms with Crippen LogP contribution in [0.3, 0.4) is 0 Å². The summed E-state index contributed by atoms with van der Waals surface area (Å²) >= 11 is 8.49. The third kappa shape index (κ3) is 3.27. The van der Waals surface area contributed by atoms with Gasteiger partial charge in [-0.25, -0.2) is 0 Å². The number of rotatable bonds is 2. The van der Waals surface area contributed by atoms with Gasteiger partial charge in [0.2, 0.25) is 0 Å². The van der Waals surface area contributed by atoms with Gasteiger partial charge in [-0.1, -0.05) is 18.5 Å². The zero-order chi connectivity index (χ0) is 11.5. The van der Waals surface area contributed by atoms with Crippen molar-refractivity contribution in [2.24, 2.45) is 5.92 Å². The van der Waals surface area contributed by atoms with Gasteiger partial charge in [-0.15, -0.1) is 0 Å². The van der Waals surface area contributed by atoms with Gasteiger partial charge in [-0.2, -0.15) is 0 Å². The van der Waals surface area contributed by atoms with E-state index in [2.05, 4.69) is 47.0 Å². The third-order valence-electron chi connectivity index (χ3n) is 3.31. The number of hydrogen-bond donors (Lipinski definition) is 1. The van der Waals surface area contributed by atoms with Crippen molar-refractivity contribution in [3.05, 3.63) is 26.8 Å². The lowest BCUT2D eigenvalue weighted by Gasteiger charge is -2.28. The molecule has 1 aliphatic carbocycles. The van der Waals surface area contributed by atoms with Crippen LogP contribution in [0, 0.1) is 9.49 Å². The first-order valence-electron chi connectivity index (χ1n) is 5.87. The van der Waals surface area contributed by atoms with E-state index >= 15 is 0 Å². The van der Waals surface area contributed by atoms with Crippen LogP contribution in [0.25, 0.3) is 0 Å². The monoisotopic (exact) mass is 349 g/mol. The fourth-order valence-electron chi connectivity index (χ4n) is 2.23. The van der Waals surface area contributed by atoms with Gasteiger partial charge >= 0.3 is 0 Å². The van der Waals surface area contributed by atoms with Crippen molar-refractivity contribution in [3.63, 3.8) is 0 Å². The predicted octanol–water partition coefficient (Wildman–Crippen LogP) is 4.94. The highest BCUT2D eigenvalue weighted by Crippen LogP contribution is 2.29. The molecule has 1 fully saturated rings. The van der Waals surface area contributed by atoms with E-state index in [4.69, 9.17) is 11.6 Å². The van der Waals surface area contributed by atoms with E-state index < -0.39 is 0 Å². The van der Waals surface area contributed by atoms with Crippen LogP contribution in [0.1, 0.15) is 32.6 Å². The van der Waals surface area contributed by atoms with Crippen LogP contribution in [0.4, 0.5) is 5.69 Å². The normalized spacial score (nSPS) is 25.4. The molecule has 1 aliphatic rings. The van der Waals surface area contributed by atoms with Crippen molar-refractivity contribution >= 4 is 39.9 Å². The highest BCUT2D eigenvalue weighted by molar-refractivity contribution is 14.1. The maximum Gasteiger partial charge on any atom is 0.0648 e. The molecule has 1 aromatic carbocycles. The molecule has 0 bridgehead atoms. The fraction of sp³-hybridized carbons (Fsp3) is 0.538. The molecule has 0 aromatic heterocycles. The summed E-state index contributed by atoms with van der Waals surface area (Å²) in [6.07, 6.45) is 5.20. The van der Waals surface area contributed by atoms with E-state index in [-0.39, 0.29) is 0 Å². The standard InChI is InChI=1S/C13H17ClIN/c1-9-2-5-11(6-3-9)16-13-7-4-10(15)8-12(13)14/h4,7-9,11,16H,2-3,5-6H2,1H3. The van der Waals surface area contributed by atoms with Gasteiger partial charge in [0.25, 0.3) is 0 Å². The first-order valence-corrected chi connectivity index (χ1v) is 7.32. The molecule has 0 saturated heterocycles. The van der Waals surface area contributed by atoms with Crippen molar-refractivity contribution in [1.82, 2.24) is 0 Å². The maximum atomic E-state index is 6.21. The van der Waals surface area contributed by atoms with E-state index in [1.165, 1.54) is 29.3 Å². The predicted molar refractivity (Wildman–Crippen MR) is 79.2 cm³/mol. The lowest BCUT2D eigenvalue weighted by molar-refractivity contribution is 0.361. The molecule has 88 valence electrons. The minimum Gasteiger partial charge on any atom is -0.381 e. The quantitative estimate of drug-likeness (QED) is 0.746. The van der Waals surface area contributed by atoms with E-state index in [9.17, 15) is 0 Å². The van der Waals surface area contributed by atoms with Crippen LogP contribution in [0.5, 0.6) is 0 Å². The molecule has 1 nitrogen and oxygen atoms in total. The summed E-state index contributed by atoms with van der Waals surface area (Å²) in [5.74, 6) is 0.894. The second kappa shape index (κ2) is 5.58. The average Bonchev–Trinajstić information content (AvgIpc) is 2.25. The number of nitrogens with one attached hydrogen (secondary N) is 1. The molecule has 0 heterocycles. The molecule has 0 radical (unpaired) electrons. The molecule has 1 N–H and O–H groups in total. The van der Waals surface area contributed by atoms with Gasteiger partial charge in [-0.05, 0) is 72.4 Å². The van der Waals surface area contributed by atoms with Crippen molar-refractivity contribution in [1.29, 1.82) is 0 Å². The van der Waals surface area contributed by atoms with E-state index in [1.807, 2.05) is 6.07 Å². The number of halogens is 2. The lowest BCUT2D eigenvalue weighted by Crippen LogP contribution is -2.25. The number of benzene rings is 1. The van der Waals surface area contributed by atoms with Gasteiger partial charge < -0.3 is 5.32 Å². The summed E-state index contributed by atoms with van der Waals surface area (Å²) < 4.78 is 1.19. The third-order valence-corrected chi connectivity index (χ3v) is 4.29. The molecule has 3 heteroatoms. The molecule has 2 rings (SSSR count). The smallest absolute Gasteiger partial charge is 0.0648 e. The van der Waals surface area contributed by atoms with Crippen LogP contribution in [-0.2, 0) is 0 Å². The van der Waals surface area contributed by atoms with E-state index in [0.29, 0.717) is 6.04 Å². The lowest BCUT2D eigenvalue weighted by atomic mass is 9.87. The maximum absolute atomic E-state index is 6.21. The Morgan fingerprint density at radius 2 is 1.94 bits per heavy atom. The molecule has 0 atom stereocenters. The van der Waals surface area contributed by atoms with Crippen LogP contribution >= 0.6 is 34.2 Å². The summed E-state index contributed by atoms with van der Waals surface area (Å²) in [6, 6.07) is 6.80. The first-order chi connectivity index (χ1) is 7.65. The Balaban J connectivity index is 1.98. The molecular formula is C13H17ClIN. The zero-order valence-corrected chi connectivity index (χ0v) is 12.4. The van der Waals surface area contributed by atoms with Gasteiger partial charge in [0.15, 0.2) is 0 Å². The Hall–Kier alpha value is 0.0400. The molecule has 1 saturated carbocycles. The van der Waals surface area contributed by atoms with Gasteiger partial charge in [0.05, 0.1) is 10.7 Å². The molecule has 1 aromatic rings. The zero-order valence-electron chi connectivity index (χ0n) is 9.47. The van der Waals surface area contributed by atoms with Crippen LogP contribution in [0.15, 0.2) is 18.2 Å². The van der Waals surface area contributed by atoms with Gasteiger partial charge in [0, 0.05) is 9.61 Å². The Morgan fingerprint density at radius 3 is 2.56 bits per heavy atom. The largest absolute Gasteiger partial charge is 0.381 e. The Bertz CT molecular complexity index is 359. The Labute approximate surface area is 116 Å². The summed E-state index contributed by atoms with van der Waals surface area (Å²) in [4.78, 5) is 0. The molecule has 0 unspecified atom stereocenters. The van der Waals surface area contributed by atoms with Crippen molar-refractivity contribution in [2.75, 3.05) is 5.32 Å². The topological polar surface area (TPSA) is 12.0 Å². The average molecular weight is 350 g/mol. The highest BCUT2D eigenvalue weighted by Gasteiger charge is 2.18. The molecule has 0 spiro atoms. The molecule has 16 heavy (non-hydrogen) atoms. The minimum atomic E-state index is 0.605. The SMILES string of the molecule is CC1CCC(Nc2ccc(I)cc2Cl)CC1. The van der Waals surface area contributed by atoms with Gasteiger partial charge in [0.1, 0.15) is 0 Å². The Kier molecular flexibility index (Phi) is 4.36. The van der Waals surface area contributed by atoms with Crippen molar-refractivity contribution in [3.8, 4) is 0 Å². The molecule has 0 amide bonds. The number of anilines is 1. The van der Waals surface area contributed by atoms with E-state index in [0.717, 1.165) is 16.6 Å². The highest BCUT2D eigenvalue weighted by atomic mass is 127. The van der Waals surface area contributed by atoms with Crippen molar-refractivity contribution < 1.29 is 0 Å². The minimum absolute atomic E-state index is 0.605. The fourth-order valence-corrected chi connectivity index (χ4v) is 3.14.